The number of aryl methyl sites for hydroxylation is 2. The molecule has 106 valence electrons. The van der Waals surface area contributed by atoms with Crippen molar-refractivity contribution in [2.24, 2.45) is 0 Å². The molecule has 1 aliphatic heterocycles. The van der Waals surface area contributed by atoms with Gasteiger partial charge in [-0.05, 0) is 31.9 Å². The first kappa shape index (κ1) is 14.3. The molecule has 4 nitrogen and oxygen atoms in total. The fourth-order valence-corrected chi connectivity index (χ4v) is 2.72. The van der Waals surface area contributed by atoms with E-state index in [2.05, 4.69) is 10.2 Å². The van der Waals surface area contributed by atoms with Gasteiger partial charge in [0.25, 0.3) is 0 Å². The Hall–Kier alpha value is -1.10. The number of phenolic OH excluding ortho intramolecular Hbond substituents is 1. The van der Waals surface area contributed by atoms with Crippen molar-refractivity contribution in [2.75, 3.05) is 26.2 Å². The van der Waals surface area contributed by atoms with E-state index in [1.165, 1.54) is 0 Å². The van der Waals surface area contributed by atoms with Crippen molar-refractivity contribution in [3.8, 4) is 5.75 Å². The topological polar surface area (TPSA) is 55.7 Å². The molecule has 1 aromatic carbocycles. The fraction of sp³-hybridized carbons (Fsp3) is 0.600. The molecular formula is C15H24N2O2. The van der Waals surface area contributed by atoms with Gasteiger partial charge in [-0.3, -0.25) is 4.90 Å². The first-order valence-electron chi connectivity index (χ1n) is 6.94. The standard InChI is InChI=1S/C15H24N2O2/c1-10-4-5-11(2)14(18)13(10)15(19)12(3)17-8-6-16-7-9-17/h4-5,12,15-16,18-19H,6-9H2,1-3H3. The van der Waals surface area contributed by atoms with Crippen LogP contribution < -0.4 is 5.32 Å². The Morgan fingerprint density at radius 1 is 1.16 bits per heavy atom. The maximum absolute atomic E-state index is 10.6. The number of aliphatic hydroxyl groups is 1. The number of piperazine rings is 1. The van der Waals surface area contributed by atoms with Crippen LogP contribution in [0.25, 0.3) is 0 Å². The van der Waals surface area contributed by atoms with E-state index in [0.29, 0.717) is 5.56 Å². The minimum Gasteiger partial charge on any atom is -0.507 e. The molecule has 0 aromatic heterocycles. The summed E-state index contributed by atoms with van der Waals surface area (Å²) in [5, 5.41) is 24.1. The SMILES string of the molecule is Cc1ccc(C)c(C(O)C(C)N2CCNCC2)c1O. The Morgan fingerprint density at radius 3 is 2.37 bits per heavy atom. The summed E-state index contributed by atoms with van der Waals surface area (Å²) < 4.78 is 0. The minimum absolute atomic E-state index is 0.00787. The normalized spacial score (nSPS) is 20.2. The molecule has 2 rings (SSSR count). The van der Waals surface area contributed by atoms with Crippen molar-refractivity contribution in [1.82, 2.24) is 10.2 Å². The average Bonchev–Trinajstić information content (AvgIpc) is 2.43. The van der Waals surface area contributed by atoms with E-state index in [9.17, 15) is 10.2 Å². The molecule has 1 aromatic rings. The summed E-state index contributed by atoms with van der Waals surface area (Å²) in [5.41, 5.74) is 2.43. The van der Waals surface area contributed by atoms with Crippen molar-refractivity contribution in [3.05, 3.63) is 28.8 Å². The second kappa shape index (κ2) is 5.90. The van der Waals surface area contributed by atoms with Crippen LogP contribution in [0, 0.1) is 13.8 Å². The molecule has 1 heterocycles. The van der Waals surface area contributed by atoms with Crippen LogP contribution in [0.1, 0.15) is 29.7 Å². The van der Waals surface area contributed by atoms with E-state index in [-0.39, 0.29) is 11.8 Å². The smallest absolute Gasteiger partial charge is 0.124 e. The van der Waals surface area contributed by atoms with Gasteiger partial charge in [-0.25, -0.2) is 0 Å². The van der Waals surface area contributed by atoms with Crippen molar-refractivity contribution in [2.45, 2.75) is 32.9 Å². The zero-order valence-corrected chi connectivity index (χ0v) is 12.0. The van der Waals surface area contributed by atoms with E-state index >= 15 is 0 Å². The fourth-order valence-electron chi connectivity index (χ4n) is 2.72. The molecule has 0 spiro atoms. The molecule has 2 atom stereocenters. The number of phenols is 1. The quantitative estimate of drug-likeness (QED) is 0.771. The largest absolute Gasteiger partial charge is 0.507 e. The number of aliphatic hydroxyl groups excluding tert-OH is 1. The Kier molecular flexibility index (Phi) is 4.45. The Morgan fingerprint density at radius 2 is 1.74 bits per heavy atom. The number of hydrogen-bond acceptors (Lipinski definition) is 4. The van der Waals surface area contributed by atoms with Crippen molar-refractivity contribution < 1.29 is 10.2 Å². The predicted molar refractivity (Wildman–Crippen MR) is 76.4 cm³/mol. The van der Waals surface area contributed by atoms with Crippen LogP contribution in [0.15, 0.2) is 12.1 Å². The van der Waals surface area contributed by atoms with Gasteiger partial charge in [0.05, 0.1) is 6.10 Å². The Bertz CT molecular complexity index is 442. The van der Waals surface area contributed by atoms with Crippen LogP contribution in [0.4, 0.5) is 0 Å². The number of rotatable bonds is 3. The minimum atomic E-state index is -0.655. The lowest BCUT2D eigenvalue weighted by Gasteiger charge is -2.36. The van der Waals surface area contributed by atoms with Crippen LogP contribution in [0.2, 0.25) is 0 Å². The lowest BCUT2D eigenvalue weighted by Crippen LogP contribution is -2.49. The summed E-state index contributed by atoms with van der Waals surface area (Å²) in [6.45, 7) is 9.60. The molecule has 4 heteroatoms. The monoisotopic (exact) mass is 264 g/mol. The van der Waals surface area contributed by atoms with Gasteiger partial charge in [0.2, 0.25) is 0 Å². The van der Waals surface area contributed by atoms with Gasteiger partial charge >= 0.3 is 0 Å². The van der Waals surface area contributed by atoms with Gasteiger partial charge in [0.1, 0.15) is 5.75 Å². The van der Waals surface area contributed by atoms with Gasteiger partial charge < -0.3 is 15.5 Å². The van der Waals surface area contributed by atoms with E-state index in [4.69, 9.17) is 0 Å². The van der Waals surface area contributed by atoms with E-state index in [1.807, 2.05) is 32.9 Å². The average molecular weight is 264 g/mol. The summed E-state index contributed by atoms with van der Waals surface area (Å²) in [4.78, 5) is 2.27. The summed E-state index contributed by atoms with van der Waals surface area (Å²) in [5.74, 6) is 0.231. The summed E-state index contributed by atoms with van der Waals surface area (Å²) in [6, 6.07) is 3.85. The molecule has 1 aliphatic rings. The molecular weight excluding hydrogens is 240 g/mol. The lowest BCUT2D eigenvalue weighted by molar-refractivity contribution is 0.0491. The van der Waals surface area contributed by atoms with E-state index in [1.54, 1.807) is 0 Å². The van der Waals surface area contributed by atoms with Crippen molar-refractivity contribution in [3.63, 3.8) is 0 Å². The molecule has 2 unspecified atom stereocenters. The molecule has 3 N–H and O–H groups in total. The summed E-state index contributed by atoms with van der Waals surface area (Å²) >= 11 is 0. The molecule has 1 saturated heterocycles. The van der Waals surface area contributed by atoms with Crippen LogP contribution in [0.3, 0.4) is 0 Å². The third-order valence-corrected chi connectivity index (χ3v) is 4.12. The van der Waals surface area contributed by atoms with Gasteiger partial charge in [-0.1, -0.05) is 12.1 Å². The third-order valence-electron chi connectivity index (χ3n) is 4.12. The van der Waals surface area contributed by atoms with Gasteiger partial charge in [-0.15, -0.1) is 0 Å². The highest BCUT2D eigenvalue weighted by Crippen LogP contribution is 2.33. The van der Waals surface area contributed by atoms with E-state index in [0.717, 1.165) is 37.3 Å². The first-order chi connectivity index (χ1) is 9.02. The predicted octanol–water partition coefficient (Wildman–Crippen LogP) is 1.34. The second-order valence-corrected chi connectivity index (χ2v) is 5.43. The number of aromatic hydroxyl groups is 1. The molecule has 0 bridgehead atoms. The van der Waals surface area contributed by atoms with Crippen LogP contribution in [-0.4, -0.2) is 47.3 Å². The summed E-state index contributed by atoms with van der Waals surface area (Å²) in [6.07, 6.45) is -0.655. The van der Waals surface area contributed by atoms with Crippen molar-refractivity contribution >= 4 is 0 Å². The van der Waals surface area contributed by atoms with Crippen LogP contribution in [0.5, 0.6) is 5.75 Å². The third kappa shape index (κ3) is 2.91. The Balaban J connectivity index is 2.23. The maximum atomic E-state index is 10.6. The summed E-state index contributed by atoms with van der Waals surface area (Å²) in [7, 11) is 0. The zero-order chi connectivity index (χ0) is 14.0. The molecule has 1 fully saturated rings. The van der Waals surface area contributed by atoms with Crippen LogP contribution >= 0.6 is 0 Å². The molecule has 0 radical (unpaired) electrons. The van der Waals surface area contributed by atoms with Gasteiger partial charge in [0, 0.05) is 37.8 Å². The zero-order valence-electron chi connectivity index (χ0n) is 12.0. The number of benzene rings is 1. The van der Waals surface area contributed by atoms with E-state index < -0.39 is 6.10 Å². The number of nitrogens with zero attached hydrogens (tertiary/aromatic N) is 1. The number of hydrogen-bond donors (Lipinski definition) is 3. The van der Waals surface area contributed by atoms with Gasteiger partial charge in [0.15, 0.2) is 0 Å². The van der Waals surface area contributed by atoms with Gasteiger partial charge in [-0.2, -0.15) is 0 Å². The highest BCUT2D eigenvalue weighted by molar-refractivity contribution is 5.46. The van der Waals surface area contributed by atoms with Crippen LogP contribution in [-0.2, 0) is 0 Å². The molecule has 0 aliphatic carbocycles. The second-order valence-electron chi connectivity index (χ2n) is 5.43. The maximum Gasteiger partial charge on any atom is 0.124 e. The molecule has 0 saturated carbocycles. The van der Waals surface area contributed by atoms with Crippen molar-refractivity contribution in [1.29, 1.82) is 0 Å². The highest BCUT2D eigenvalue weighted by atomic mass is 16.3. The first-order valence-corrected chi connectivity index (χ1v) is 6.94. The Labute approximate surface area is 115 Å². The number of nitrogens with one attached hydrogen (secondary N) is 1. The molecule has 19 heavy (non-hydrogen) atoms. The molecule has 0 amide bonds. The lowest BCUT2D eigenvalue weighted by atomic mass is 9.94. The highest BCUT2D eigenvalue weighted by Gasteiger charge is 2.27.